The third kappa shape index (κ3) is 3.71. The Hall–Kier alpha value is -1.11. The number of amides is 1. The minimum Gasteiger partial charge on any atom is -0.380 e. The van der Waals surface area contributed by atoms with E-state index < -0.39 is 0 Å². The summed E-state index contributed by atoms with van der Waals surface area (Å²) in [5.74, 6) is 0.0947. The molecule has 0 bridgehead atoms. The molecule has 2 atom stereocenters. The van der Waals surface area contributed by atoms with Crippen LogP contribution in [0.3, 0.4) is 0 Å². The summed E-state index contributed by atoms with van der Waals surface area (Å²) in [6.45, 7) is 1.48. The van der Waals surface area contributed by atoms with Crippen LogP contribution in [0.5, 0.6) is 0 Å². The van der Waals surface area contributed by atoms with Crippen LogP contribution in [0, 0.1) is 0 Å². The lowest BCUT2D eigenvalue weighted by atomic mass is 10.0. The number of aromatic nitrogens is 2. The Morgan fingerprint density at radius 1 is 1.60 bits per heavy atom. The van der Waals surface area contributed by atoms with Gasteiger partial charge in [0.1, 0.15) is 6.04 Å². The van der Waals surface area contributed by atoms with Gasteiger partial charge in [-0.3, -0.25) is 9.48 Å². The van der Waals surface area contributed by atoms with Gasteiger partial charge in [0, 0.05) is 39.0 Å². The predicted octanol–water partition coefficient (Wildman–Crippen LogP) is 0.740. The Morgan fingerprint density at radius 2 is 2.35 bits per heavy atom. The van der Waals surface area contributed by atoms with E-state index in [0.717, 1.165) is 24.9 Å². The van der Waals surface area contributed by atoms with Gasteiger partial charge in [-0.25, -0.2) is 0 Å². The number of nitrogens with zero attached hydrogens (tertiary/aromatic N) is 3. The molecule has 7 heteroatoms. The first-order chi connectivity index (χ1) is 9.15. The van der Waals surface area contributed by atoms with Gasteiger partial charge in [0.05, 0.1) is 12.3 Å². The molecule has 0 saturated carbocycles. The zero-order valence-electron chi connectivity index (χ0n) is 12.2. The van der Waals surface area contributed by atoms with E-state index in [1.54, 1.807) is 25.0 Å². The molecule has 1 aromatic heterocycles. The lowest BCUT2D eigenvalue weighted by Crippen LogP contribution is -2.47. The molecule has 114 valence electrons. The van der Waals surface area contributed by atoms with Crippen molar-refractivity contribution >= 4 is 18.3 Å². The van der Waals surface area contributed by atoms with Crippen molar-refractivity contribution in [3.8, 4) is 0 Å². The summed E-state index contributed by atoms with van der Waals surface area (Å²) < 4.78 is 7.07. The normalized spacial score (nSPS) is 20.4. The molecule has 6 nitrogen and oxygen atoms in total. The van der Waals surface area contributed by atoms with E-state index >= 15 is 0 Å². The fourth-order valence-electron chi connectivity index (χ4n) is 2.54. The highest BCUT2D eigenvalue weighted by Crippen LogP contribution is 2.19. The highest BCUT2D eigenvalue weighted by molar-refractivity contribution is 5.85. The van der Waals surface area contributed by atoms with Gasteiger partial charge in [-0.1, -0.05) is 0 Å². The van der Waals surface area contributed by atoms with Gasteiger partial charge in [0.15, 0.2) is 0 Å². The number of nitrogens with one attached hydrogen (secondary N) is 1. The van der Waals surface area contributed by atoms with E-state index in [0.29, 0.717) is 6.54 Å². The largest absolute Gasteiger partial charge is 0.380 e. The Balaban J connectivity index is 0.00000200. The van der Waals surface area contributed by atoms with Gasteiger partial charge in [-0.15, -0.1) is 12.4 Å². The Labute approximate surface area is 125 Å². The van der Waals surface area contributed by atoms with Crippen molar-refractivity contribution in [2.75, 3.05) is 27.2 Å². The molecule has 2 heterocycles. The van der Waals surface area contributed by atoms with Gasteiger partial charge in [-0.2, -0.15) is 5.10 Å². The monoisotopic (exact) mass is 302 g/mol. The number of piperidine rings is 1. The average Bonchev–Trinajstić information content (AvgIpc) is 2.86. The molecular formula is C13H23ClN4O2. The maximum atomic E-state index is 12.6. The van der Waals surface area contributed by atoms with E-state index in [1.807, 2.05) is 18.1 Å². The van der Waals surface area contributed by atoms with Crippen molar-refractivity contribution in [1.82, 2.24) is 20.0 Å². The summed E-state index contributed by atoms with van der Waals surface area (Å²) in [7, 11) is 5.35. The molecule has 1 aliphatic heterocycles. The molecular weight excluding hydrogens is 280 g/mol. The second-order valence-electron chi connectivity index (χ2n) is 4.95. The number of aryl methyl sites for hydroxylation is 1. The van der Waals surface area contributed by atoms with Crippen molar-refractivity contribution in [1.29, 1.82) is 0 Å². The number of ether oxygens (including phenoxy) is 1. The first-order valence-electron chi connectivity index (χ1n) is 6.63. The number of likely N-dealkylation sites (N-methyl/N-ethyl adjacent to an activating group) is 1. The van der Waals surface area contributed by atoms with Crippen molar-refractivity contribution in [2.24, 2.45) is 7.05 Å². The van der Waals surface area contributed by atoms with E-state index in [2.05, 4.69) is 10.4 Å². The fraction of sp³-hybridized carbons (Fsp3) is 0.692. The molecule has 2 unspecified atom stereocenters. The zero-order chi connectivity index (χ0) is 13.8. The van der Waals surface area contributed by atoms with Crippen molar-refractivity contribution in [2.45, 2.75) is 25.0 Å². The smallest absolute Gasteiger partial charge is 0.244 e. The van der Waals surface area contributed by atoms with Crippen LogP contribution in [0.4, 0.5) is 0 Å². The third-order valence-electron chi connectivity index (χ3n) is 3.62. The van der Waals surface area contributed by atoms with Gasteiger partial charge in [0.2, 0.25) is 5.91 Å². The minimum absolute atomic E-state index is 0. The molecule has 1 aromatic rings. The molecule has 0 aliphatic carbocycles. The molecule has 1 aliphatic rings. The number of carbonyl (C=O) groups is 1. The summed E-state index contributed by atoms with van der Waals surface area (Å²) in [4.78, 5) is 14.5. The molecule has 0 aromatic carbocycles. The van der Waals surface area contributed by atoms with Crippen LogP contribution in [0.1, 0.15) is 24.4 Å². The summed E-state index contributed by atoms with van der Waals surface area (Å²) in [6, 6.07) is -0.329. The molecule has 0 spiro atoms. The highest BCUT2D eigenvalue weighted by atomic mass is 35.5. The SMILES string of the molecule is CNC(C(=O)N1CCCC(OC)C1)c1cnn(C)c1.Cl. The van der Waals surface area contributed by atoms with Crippen LogP contribution in [0.25, 0.3) is 0 Å². The molecule has 1 N–H and O–H groups in total. The van der Waals surface area contributed by atoms with E-state index in [9.17, 15) is 4.79 Å². The molecule has 2 rings (SSSR count). The first kappa shape index (κ1) is 16.9. The van der Waals surface area contributed by atoms with E-state index in [-0.39, 0.29) is 30.5 Å². The van der Waals surface area contributed by atoms with Crippen molar-refractivity contribution in [3.63, 3.8) is 0 Å². The molecule has 20 heavy (non-hydrogen) atoms. The first-order valence-corrected chi connectivity index (χ1v) is 6.63. The van der Waals surface area contributed by atoms with Gasteiger partial charge >= 0.3 is 0 Å². The summed E-state index contributed by atoms with van der Waals surface area (Å²) >= 11 is 0. The van der Waals surface area contributed by atoms with Crippen LogP contribution in [-0.2, 0) is 16.6 Å². The molecule has 0 radical (unpaired) electrons. The average molecular weight is 303 g/mol. The van der Waals surface area contributed by atoms with Crippen LogP contribution in [0.2, 0.25) is 0 Å². The predicted molar refractivity (Wildman–Crippen MR) is 78.9 cm³/mol. The maximum Gasteiger partial charge on any atom is 0.244 e. The number of likely N-dealkylation sites (tertiary alicyclic amines) is 1. The molecule has 1 fully saturated rings. The summed E-state index contributed by atoms with van der Waals surface area (Å²) in [5.41, 5.74) is 0.898. The molecule has 1 saturated heterocycles. The maximum absolute atomic E-state index is 12.6. The van der Waals surface area contributed by atoms with Crippen LogP contribution in [-0.4, -0.2) is 53.9 Å². The Bertz CT molecular complexity index is 438. The minimum atomic E-state index is -0.329. The standard InChI is InChI=1S/C13H22N4O2.ClH/c1-14-12(10-7-15-16(2)8-10)13(18)17-6-4-5-11(9-17)19-3;/h7-8,11-12,14H,4-6,9H2,1-3H3;1H. The third-order valence-corrected chi connectivity index (χ3v) is 3.62. The van der Waals surface area contributed by atoms with Crippen molar-refractivity contribution in [3.05, 3.63) is 18.0 Å². The number of methoxy groups -OCH3 is 1. The summed E-state index contributed by atoms with van der Waals surface area (Å²) in [5, 5.41) is 7.20. The second kappa shape index (κ2) is 7.61. The lowest BCUT2D eigenvalue weighted by Gasteiger charge is -2.34. The van der Waals surface area contributed by atoms with E-state index in [1.165, 1.54) is 0 Å². The number of halogens is 1. The number of hydrogen-bond donors (Lipinski definition) is 1. The van der Waals surface area contributed by atoms with Gasteiger partial charge in [0.25, 0.3) is 0 Å². The van der Waals surface area contributed by atoms with Crippen LogP contribution < -0.4 is 5.32 Å². The van der Waals surface area contributed by atoms with E-state index in [4.69, 9.17) is 4.74 Å². The fourth-order valence-corrected chi connectivity index (χ4v) is 2.54. The van der Waals surface area contributed by atoms with Crippen LogP contribution in [0.15, 0.2) is 12.4 Å². The van der Waals surface area contributed by atoms with Gasteiger partial charge in [-0.05, 0) is 19.9 Å². The summed E-state index contributed by atoms with van der Waals surface area (Å²) in [6.07, 6.45) is 5.78. The van der Waals surface area contributed by atoms with Gasteiger partial charge < -0.3 is 15.0 Å². The quantitative estimate of drug-likeness (QED) is 0.891. The number of hydrogen-bond acceptors (Lipinski definition) is 4. The zero-order valence-corrected chi connectivity index (χ0v) is 13.0. The number of rotatable bonds is 4. The van der Waals surface area contributed by atoms with Crippen molar-refractivity contribution < 1.29 is 9.53 Å². The second-order valence-corrected chi connectivity index (χ2v) is 4.95. The molecule has 1 amide bonds. The Morgan fingerprint density at radius 3 is 2.90 bits per heavy atom. The topological polar surface area (TPSA) is 59.4 Å². The highest BCUT2D eigenvalue weighted by Gasteiger charge is 2.29. The lowest BCUT2D eigenvalue weighted by molar-refractivity contribution is -0.137. The van der Waals surface area contributed by atoms with Crippen LogP contribution >= 0.6 is 12.4 Å². The number of carbonyl (C=O) groups excluding carboxylic acids is 1. The Kier molecular flexibility index (Phi) is 6.45.